The van der Waals surface area contributed by atoms with Crippen LogP contribution in [0.5, 0.6) is 0 Å². The molecule has 22 heavy (non-hydrogen) atoms. The number of ether oxygens (including phenoxy) is 1. The average molecular weight is 330 g/mol. The van der Waals surface area contributed by atoms with Crippen LogP contribution in [0.25, 0.3) is 0 Å². The summed E-state index contributed by atoms with van der Waals surface area (Å²) in [6.45, 7) is 6.39. The van der Waals surface area contributed by atoms with Crippen LogP contribution in [-0.4, -0.2) is 63.6 Å². The molecule has 1 heterocycles. The fraction of sp³-hybridized carbons (Fsp3) is 0.600. The predicted octanol–water partition coefficient (Wildman–Crippen LogP) is 1.48. The zero-order valence-electron chi connectivity index (χ0n) is 13.3. The first kappa shape index (κ1) is 17.3. The van der Waals surface area contributed by atoms with Crippen molar-refractivity contribution in [1.29, 1.82) is 0 Å². The summed E-state index contributed by atoms with van der Waals surface area (Å²) >= 11 is 0. The number of benzene rings is 1. The zero-order valence-corrected chi connectivity index (χ0v) is 14.1. The first-order chi connectivity index (χ1) is 10.4. The van der Waals surface area contributed by atoms with Gasteiger partial charge in [0.2, 0.25) is 10.0 Å². The van der Waals surface area contributed by atoms with Gasteiger partial charge in [-0.15, -0.1) is 0 Å². The van der Waals surface area contributed by atoms with Gasteiger partial charge in [-0.25, -0.2) is 12.8 Å². The van der Waals surface area contributed by atoms with Crippen molar-refractivity contribution in [3.8, 4) is 0 Å². The van der Waals surface area contributed by atoms with Gasteiger partial charge in [-0.2, -0.15) is 4.31 Å². The van der Waals surface area contributed by atoms with E-state index in [4.69, 9.17) is 4.74 Å². The van der Waals surface area contributed by atoms with E-state index >= 15 is 0 Å². The molecule has 124 valence electrons. The van der Waals surface area contributed by atoms with Crippen molar-refractivity contribution >= 4 is 10.0 Å². The third kappa shape index (κ3) is 3.65. The highest BCUT2D eigenvalue weighted by atomic mass is 32.2. The van der Waals surface area contributed by atoms with Gasteiger partial charge < -0.3 is 4.74 Å². The van der Waals surface area contributed by atoms with Crippen molar-refractivity contribution in [2.45, 2.75) is 24.8 Å². The second kappa shape index (κ2) is 7.04. The monoisotopic (exact) mass is 330 g/mol. The Balaban J connectivity index is 2.11. The fourth-order valence-electron chi connectivity index (χ4n) is 2.68. The topological polar surface area (TPSA) is 49.9 Å². The van der Waals surface area contributed by atoms with Gasteiger partial charge in [-0.05, 0) is 31.5 Å². The first-order valence-electron chi connectivity index (χ1n) is 7.35. The number of methoxy groups -OCH3 is 1. The molecule has 2 rings (SSSR count). The van der Waals surface area contributed by atoms with Gasteiger partial charge in [0.1, 0.15) is 10.7 Å². The number of nitrogens with zero attached hydrogens (tertiary/aromatic N) is 2. The number of piperazine rings is 1. The second-order valence-corrected chi connectivity index (χ2v) is 7.58. The molecule has 1 saturated heterocycles. The molecule has 0 aromatic heterocycles. The summed E-state index contributed by atoms with van der Waals surface area (Å²) < 4.78 is 45.6. The maximum absolute atomic E-state index is 13.9. The SMILES string of the molecule is COCC(C)N1CCN(S(=O)(=O)c2cc(C)ccc2F)CC1. The van der Waals surface area contributed by atoms with E-state index in [1.54, 1.807) is 20.1 Å². The summed E-state index contributed by atoms with van der Waals surface area (Å²) in [6, 6.07) is 4.41. The van der Waals surface area contributed by atoms with Crippen molar-refractivity contribution in [3.63, 3.8) is 0 Å². The molecular weight excluding hydrogens is 307 g/mol. The summed E-state index contributed by atoms with van der Waals surface area (Å²) in [5.41, 5.74) is 0.729. The molecule has 7 heteroatoms. The average Bonchev–Trinajstić information content (AvgIpc) is 2.50. The maximum atomic E-state index is 13.9. The van der Waals surface area contributed by atoms with Crippen LogP contribution in [0.2, 0.25) is 0 Å². The number of rotatable bonds is 5. The summed E-state index contributed by atoms with van der Waals surface area (Å²) in [5.74, 6) is -0.694. The quantitative estimate of drug-likeness (QED) is 0.820. The highest BCUT2D eigenvalue weighted by molar-refractivity contribution is 7.89. The van der Waals surface area contributed by atoms with Gasteiger partial charge in [-0.1, -0.05) is 6.07 Å². The molecule has 1 atom stereocenters. The van der Waals surface area contributed by atoms with Crippen molar-refractivity contribution in [3.05, 3.63) is 29.6 Å². The van der Waals surface area contributed by atoms with Gasteiger partial charge in [0, 0.05) is 39.3 Å². The lowest BCUT2D eigenvalue weighted by atomic mass is 10.2. The minimum atomic E-state index is -3.78. The molecule has 0 amide bonds. The van der Waals surface area contributed by atoms with E-state index in [9.17, 15) is 12.8 Å². The molecule has 1 unspecified atom stereocenters. The van der Waals surface area contributed by atoms with E-state index in [0.29, 0.717) is 32.8 Å². The molecule has 1 aromatic rings. The zero-order chi connectivity index (χ0) is 16.3. The summed E-state index contributed by atoms with van der Waals surface area (Å²) in [5, 5.41) is 0. The van der Waals surface area contributed by atoms with Crippen LogP contribution in [0.15, 0.2) is 23.1 Å². The predicted molar refractivity (Wildman–Crippen MR) is 82.8 cm³/mol. The lowest BCUT2D eigenvalue weighted by Crippen LogP contribution is -2.52. The summed E-state index contributed by atoms with van der Waals surface area (Å²) in [7, 11) is -2.13. The first-order valence-corrected chi connectivity index (χ1v) is 8.79. The minimum absolute atomic E-state index is 0.231. The Kier molecular flexibility index (Phi) is 5.55. The van der Waals surface area contributed by atoms with Gasteiger partial charge in [-0.3, -0.25) is 4.90 Å². The molecule has 5 nitrogen and oxygen atoms in total. The van der Waals surface area contributed by atoms with Gasteiger partial charge in [0.05, 0.1) is 6.61 Å². The third-order valence-corrected chi connectivity index (χ3v) is 5.92. The van der Waals surface area contributed by atoms with E-state index < -0.39 is 15.8 Å². The standard InChI is InChI=1S/C15H23FN2O3S/c1-12-4-5-14(16)15(10-12)22(19,20)18-8-6-17(7-9-18)13(2)11-21-3/h4-5,10,13H,6-9,11H2,1-3H3. The van der Waals surface area contributed by atoms with Crippen LogP contribution in [-0.2, 0) is 14.8 Å². The van der Waals surface area contributed by atoms with Crippen LogP contribution in [0.4, 0.5) is 4.39 Å². The smallest absolute Gasteiger partial charge is 0.246 e. The lowest BCUT2D eigenvalue weighted by Gasteiger charge is -2.37. The highest BCUT2D eigenvalue weighted by Crippen LogP contribution is 2.22. The maximum Gasteiger partial charge on any atom is 0.246 e. The van der Waals surface area contributed by atoms with E-state index in [1.165, 1.54) is 16.4 Å². The van der Waals surface area contributed by atoms with Crippen LogP contribution in [0.3, 0.4) is 0 Å². The van der Waals surface area contributed by atoms with Crippen LogP contribution >= 0.6 is 0 Å². The molecule has 0 bridgehead atoms. The number of sulfonamides is 1. The fourth-order valence-corrected chi connectivity index (χ4v) is 4.25. The van der Waals surface area contributed by atoms with Gasteiger partial charge >= 0.3 is 0 Å². The number of aryl methyl sites for hydroxylation is 1. The molecule has 1 aromatic carbocycles. The summed E-state index contributed by atoms with van der Waals surface area (Å²) in [6.07, 6.45) is 0. The Bertz CT molecular complexity index is 613. The van der Waals surface area contributed by atoms with Gasteiger partial charge in [0.25, 0.3) is 0 Å². The number of hydrogen-bond donors (Lipinski definition) is 0. The Morgan fingerprint density at radius 3 is 2.50 bits per heavy atom. The Hall–Kier alpha value is -1.02. The van der Waals surface area contributed by atoms with Crippen molar-refractivity contribution in [2.75, 3.05) is 39.9 Å². The van der Waals surface area contributed by atoms with E-state index in [-0.39, 0.29) is 10.9 Å². The Labute approximate surface area is 131 Å². The molecule has 0 saturated carbocycles. The van der Waals surface area contributed by atoms with Crippen molar-refractivity contribution in [1.82, 2.24) is 9.21 Å². The minimum Gasteiger partial charge on any atom is -0.383 e. The Morgan fingerprint density at radius 2 is 1.91 bits per heavy atom. The molecule has 0 radical (unpaired) electrons. The molecule has 1 aliphatic rings. The largest absolute Gasteiger partial charge is 0.383 e. The lowest BCUT2D eigenvalue weighted by molar-refractivity contribution is 0.0766. The van der Waals surface area contributed by atoms with Gasteiger partial charge in [0.15, 0.2) is 0 Å². The normalized spacial score (nSPS) is 19.3. The molecular formula is C15H23FN2O3S. The summed E-state index contributed by atoms with van der Waals surface area (Å²) in [4.78, 5) is 1.95. The van der Waals surface area contributed by atoms with E-state index in [1.807, 2.05) is 6.92 Å². The second-order valence-electron chi connectivity index (χ2n) is 5.68. The number of hydrogen-bond acceptors (Lipinski definition) is 4. The molecule has 0 aliphatic carbocycles. The van der Waals surface area contributed by atoms with Crippen LogP contribution in [0.1, 0.15) is 12.5 Å². The van der Waals surface area contributed by atoms with E-state index in [2.05, 4.69) is 4.90 Å². The van der Waals surface area contributed by atoms with E-state index in [0.717, 1.165) is 5.56 Å². The highest BCUT2D eigenvalue weighted by Gasteiger charge is 2.31. The van der Waals surface area contributed by atoms with Crippen molar-refractivity contribution < 1.29 is 17.5 Å². The molecule has 1 fully saturated rings. The Morgan fingerprint density at radius 1 is 1.27 bits per heavy atom. The molecule has 0 spiro atoms. The van der Waals surface area contributed by atoms with Crippen molar-refractivity contribution in [2.24, 2.45) is 0 Å². The van der Waals surface area contributed by atoms with Crippen LogP contribution < -0.4 is 0 Å². The molecule has 1 aliphatic heterocycles. The third-order valence-electron chi connectivity index (χ3n) is 4.01. The molecule has 0 N–H and O–H groups in total. The van der Waals surface area contributed by atoms with Crippen LogP contribution in [0, 0.1) is 12.7 Å². The number of halogens is 1.